The molecule has 0 saturated heterocycles. The van der Waals surface area contributed by atoms with Crippen molar-refractivity contribution in [2.75, 3.05) is 27.2 Å². The largest absolute Gasteiger partial charge is 0.352 e. The lowest BCUT2D eigenvalue weighted by Crippen LogP contribution is -2.27. The molecule has 0 aliphatic rings. The van der Waals surface area contributed by atoms with Crippen molar-refractivity contribution >= 4 is 5.91 Å². The van der Waals surface area contributed by atoms with Gasteiger partial charge in [0, 0.05) is 18.9 Å². The highest BCUT2D eigenvalue weighted by molar-refractivity contribution is 5.93. The van der Waals surface area contributed by atoms with Gasteiger partial charge in [-0.05, 0) is 56.9 Å². The topological polar surface area (TPSA) is 107 Å². The number of hydrogen-bond acceptors (Lipinski definition) is 5. The Bertz CT molecular complexity index is 1070. The molecule has 1 amide bonds. The fourth-order valence-corrected chi connectivity index (χ4v) is 2.82. The third-order valence-corrected chi connectivity index (χ3v) is 4.40. The smallest absolute Gasteiger partial charge is 0.280 e. The molecule has 2 heterocycles. The van der Waals surface area contributed by atoms with Crippen molar-refractivity contribution in [2.24, 2.45) is 0 Å². The Hall–Kier alpha value is -3.70. The Labute approximate surface area is 168 Å². The molecule has 0 saturated carbocycles. The summed E-state index contributed by atoms with van der Waals surface area (Å²) < 4.78 is 1.31. The van der Waals surface area contributed by atoms with E-state index in [-0.39, 0.29) is 11.5 Å². The zero-order valence-corrected chi connectivity index (χ0v) is 16.3. The van der Waals surface area contributed by atoms with E-state index in [1.54, 1.807) is 42.6 Å². The number of nitrogens with zero attached hydrogens (tertiary/aromatic N) is 4. The molecule has 2 N–H and O–H groups in total. The molecule has 0 radical (unpaired) electrons. The number of aromatic amines is 1. The van der Waals surface area contributed by atoms with E-state index in [1.807, 2.05) is 14.1 Å². The average Bonchev–Trinajstić information content (AvgIpc) is 3.12. The van der Waals surface area contributed by atoms with Crippen molar-refractivity contribution in [1.29, 1.82) is 5.26 Å². The standard InChI is InChI=1S/C21H22N6O2/c1-26(2)11-3-10-23-20(28)17-8-9-19(24-13-17)27-21(29)18(14-25-27)16-6-4-15(12-22)5-7-16/h4-9,13-14,25H,3,10-11H2,1-2H3,(H,23,28). The summed E-state index contributed by atoms with van der Waals surface area (Å²) in [4.78, 5) is 31.2. The molecule has 3 rings (SSSR count). The van der Waals surface area contributed by atoms with E-state index in [4.69, 9.17) is 5.26 Å². The van der Waals surface area contributed by atoms with Crippen molar-refractivity contribution in [1.82, 2.24) is 25.0 Å². The molecule has 0 aliphatic carbocycles. The van der Waals surface area contributed by atoms with Gasteiger partial charge in [0.2, 0.25) is 0 Å². The van der Waals surface area contributed by atoms with E-state index in [0.29, 0.717) is 34.6 Å². The number of amides is 1. The number of pyridine rings is 1. The van der Waals surface area contributed by atoms with Crippen molar-refractivity contribution in [3.05, 3.63) is 70.3 Å². The number of carbonyl (C=O) groups excluding carboxylic acids is 1. The first-order valence-corrected chi connectivity index (χ1v) is 9.20. The van der Waals surface area contributed by atoms with Gasteiger partial charge in [-0.25, -0.2) is 9.67 Å². The van der Waals surface area contributed by atoms with E-state index in [1.165, 1.54) is 10.9 Å². The van der Waals surface area contributed by atoms with Crippen LogP contribution in [-0.4, -0.2) is 52.8 Å². The van der Waals surface area contributed by atoms with Gasteiger partial charge in [0.1, 0.15) is 0 Å². The monoisotopic (exact) mass is 390 g/mol. The summed E-state index contributed by atoms with van der Waals surface area (Å²) in [6.45, 7) is 1.48. The van der Waals surface area contributed by atoms with Crippen molar-refractivity contribution < 1.29 is 4.79 Å². The summed E-state index contributed by atoms with van der Waals surface area (Å²) in [6, 6.07) is 12.1. The molecule has 3 aromatic rings. The number of carbonyl (C=O) groups is 1. The van der Waals surface area contributed by atoms with Crippen molar-refractivity contribution in [3.63, 3.8) is 0 Å². The van der Waals surface area contributed by atoms with Crippen LogP contribution in [0.4, 0.5) is 0 Å². The molecule has 1 aromatic carbocycles. The van der Waals surface area contributed by atoms with E-state index in [9.17, 15) is 9.59 Å². The summed E-state index contributed by atoms with van der Waals surface area (Å²) in [5, 5.41) is 14.6. The Morgan fingerprint density at radius 2 is 2.00 bits per heavy atom. The van der Waals surface area contributed by atoms with E-state index in [2.05, 4.69) is 26.4 Å². The highest BCUT2D eigenvalue weighted by Crippen LogP contribution is 2.16. The van der Waals surface area contributed by atoms with Crippen LogP contribution >= 0.6 is 0 Å². The van der Waals surface area contributed by atoms with Gasteiger partial charge in [-0.2, -0.15) is 5.26 Å². The normalized spacial score (nSPS) is 10.7. The van der Waals surface area contributed by atoms with Crippen LogP contribution in [0, 0.1) is 11.3 Å². The van der Waals surface area contributed by atoms with Crippen LogP contribution in [0.3, 0.4) is 0 Å². The molecular weight excluding hydrogens is 368 g/mol. The van der Waals surface area contributed by atoms with Gasteiger partial charge in [0.15, 0.2) is 5.82 Å². The maximum atomic E-state index is 12.7. The van der Waals surface area contributed by atoms with Crippen LogP contribution in [0.1, 0.15) is 22.3 Å². The minimum Gasteiger partial charge on any atom is -0.352 e. The fourth-order valence-electron chi connectivity index (χ4n) is 2.82. The van der Waals surface area contributed by atoms with Crippen LogP contribution in [0.15, 0.2) is 53.6 Å². The number of hydrogen-bond donors (Lipinski definition) is 2. The molecule has 29 heavy (non-hydrogen) atoms. The maximum absolute atomic E-state index is 12.7. The predicted molar refractivity (Wildman–Crippen MR) is 110 cm³/mol. The summed E-state index contributed by atoms with van der Waals surface area (Å²) in [6.07, 6.45) is 3.91. The highest BCUT2D eigenvalue weighted by atomic mass is 16.1. The second kappa shape index (κ2) is 8.99. The zero-order chi connectivity index (χ0) is 20.8. The molecule has 0 aliphatic heterocycles. The van der Waals surface area contributed by atoms with E-state index in [0.717, 1.165) is 13.0 Å². The van der Waals surface area contributed by atoms with Gasteiger partial charge in [-0.15, -0.1) is 0 Å². The van der Waals surface area contributed by atoms with Gasteiger partial charge in [0.25, 0.3) is 11.5 Å². The Kier molecular flexibility index (Phi) is 6.22. The molecule has 0 bridgehead atoms. The quantitative estimate of drug-likeness (QED) is 0.598. The summed E-state index contributed by atoms with van der Waals surface area (Å²) in [5.74, 6) is 0.193. The Morgan fingerprint density at radius 1 is 1.24 bits per heavy atom. The summed E-state index contributed by atoms with van der Waals surface area (Å²) in [7, 11) is 3.97. The third kappa shape index (κ3) is 4.78. The van der Waals surface area contributed by atoms with Crippen LogP contribution in [0.5, 0.6) is 0 Å². The Morgan fingerprint density at radius 3 is 2.62 bits per heavy atom. The molecular formula is C21H22N6O2. The number of H-pyrrole nitrogens is 1. The summed E-state index contributed by atoms with van der Waals surface area (Å²) in [5.41, 5.74) is 1.88. The maximum Gasteiger partial charge on any atom is 0.280 e. The lowest BCUT2D eigenvalue weighted by Gasteiger charge is -2.10. The Balaban J connectivity index is 1.72. The number of benzene rings is 1. The minimum absolute atomic E-state index is 0.195. The lowest BCUT2D eigenvalue weighted by molar-refractivity contribution is 0.0952. The van der Waals surface area contributed by atoms with Gasteiger partial charge in [-0.1, -0.05) is 12.1 Å². The first kappa shape index (κ1) is 20.0. The molecule has 0 unspecified atom stereocenters. The molecule has 2 aromatic heterocycles. The molecule has 0 fully saturated rings. The van der Waals surface area contributed by atoms with Gasteiger partial charge in [0.05, 0.1) is 22.8 Å². The van der Waals surface area contributed by atoms with Crippen molar-refractivity contribution in [2.45, 2.75) is 6.42 Å². The van der Waals surface area contributed by atoms with Gasteiger partial charge < -0.3 is 10.2 Å². The van der Waals surface area contributed by atoms with Crippen LogP contribution < -0.4 is 10.9 Å². The molecule has 8 heteroatoms. The number of aromatic nitrogens is 3. The first-order valence-electron chi connectivity index (χ1n) is 9.20. The van der Waals surface area contributed by atoms with Gasteiger partial charge >= 0.3 is 0 Å². The number of nitriles is 1. The minimum atomic E-state index is -0.261. The molecule has 148 valence electrons. The predicted octanol–water partition coefficient (Wildman–Crippen LogP) is 1.78. The van der Waals surface area contributed by atoms with Crippen LogP contribution in [0.2, 0.25) is 0 Å². The average molecular weight is 390 g/mol. The van der Waals surface area contributed by atoms with E-state index < -0.39 is 0 Å². The lowest BCUT2D eigenvalue weighted by atomic mass is 10.1. The van der Waals surface area contributed by atoms with Gasteiger partial charge in [-0.3, -0.25) is 14.7 Å². The zero-order valence-electron chi connectivity index (χ0n) is 16.3. The molecule has 0 atom stereocenters. The molecule has 0 spiro atoms. The van der Waals surface area contributed by atoms with E-state index >= 15 is 0 Å². The summed E-state index contributed by atoms with van der Waals surface area (Å²) >= 11 is 0. The highest BCUT2D eigenvalue weighted by Gasteiger charge is 2.12. The van der Waals surface area contributed by atoms with Crippen LogP contribution in [0.25, 0.3) is 16.9 Å². The SMILES string of the molecule is CN(C)CCCNC(=O)c1ccc(-n2[nH]cc(-c3ccc(C#N)cc3)c2=O)nc1. The van der Waals surface area contributed by atoms with Crippen LogP contribution in [-0.2, 0) is 0 Å². The van der Waals surface area contributed by atoms with Crippen molar-refractivity contribution in [3.8, 4) is 23.0 Å². The number of nitrogens with one attached hydrogen (secondary N) is 2. The second-order valence-electron chi connectivity index (χ2n) is 6.83. The third-order valence-electron chi connectivity index (χ3n) is 4.40. The fraction of sp³-hybridized carbons (Fsp3) is 0.238. The second-order valence-corrected chi connectivity index (χ2v) is 6.83. The molecule has 8 nitrogen and oxygen atoms in total. The first-order chi connectivity index (χ1) is 14.0. The number of rotatable bonds is 7.